The Labute approximate surface area is 115 Å². The van der Waals surface area contributed by atoms with Crippen LogP contribution in [-0.2, 0) is 10.3 Å². The van der Waals surface area contributed by atoms with Crippen LogP contribution in [0.4, 0.5) is 0 Å². The molecule has 2 rings (SSSR count). The van der Waals surface area contributed by atoms with Gasteiger partial charge in [-0.15, -0.1) is 0 Å². The van der Waals surface area contributed by atoms with Gasteiger partial charge < -0.3 is 14.6 Å². The van der Waals surface area contributed by atoms with E-state index < -0.39 is 0 Å². The minimum absolute atomic E-state index is 0.0888. The molecule has 1 N–H and O–H groups in total. The van der Waals surface area contributed by atoms with Gasteiger partial charge in [0.2, 0.25) is 11.7 Å². The molecule has 108 valence electrons. The second-order valence-corrected chi connectivity index (χ2v) is 5.35. The molecule has 0 aliphatic heterocycles. The lowest BCUT2D eigenvalue weighted by Crippen LogP contribution is -2.29. The van der Waals surface area contributed by atoms with E-state index in [1.165, 1.54) is 25.7 Å². The first-order chi connectivity index (χ1) is 9.22. The molecule has 5 nitrogen and oxygen atoms in total. The lowest BCUT2D eigenvalue weighted by Gasteiger charge is -2.27. The van der Waals surface area contributed by atoms with E-state index in [1.807, 2.05) is 6.92 Å². The molecule has 0 bridgehead atoms. The van der Waals surface area contributed by atoms with Crippen LogP contribution in [0, 0.1) is 0 Å². The van der Waals surface area contributed by atoms with Crippen molar-refractivity contribution in [3.63, 3.8) is 0 Å². The lowest BCUT2D eigenvalue weighted by molar-refractivity contribution is -0.0365. The zero-order valence-electron chi connectivity index (χ0n) is 12.2. The Bertz CT molecular complexity index is 384. The monoisotopic (exact) mass is 267 g/mol. The van der Waals surface area contributed by atoms with Crippen LogP contribution >= 0.6 is 0 Å². The van der Waals surface area contributed by atoms with Crippen LogP contribution in [0.15, 0.2) is 4.52 Å². The van der Waals surface area contributed by atoms with Crippen molar-refractivity contribution in [2.24, 2.45) is 0 Å². The quantitative estimate of drug-likeness (QED) is 0.831. The van der Waals surface area contributed by atoms with Gasteiger partial charge in [-0.1, -0.05) is 37.8 Å². The molecule has 1 aromatic rings. The molecule has 1 fully saturated rings. The number of ether oxygens (including phenoxy) is 1. The summed E-state index contributed by atoms with van der Waals surface area (Å²) in [5, 5.41) is 7.46. The second-order valence-electron chi connectivity index (χ2n) is 5.35. The molecule has 1 aromatic heterocycles. The van der Waals surface area contributed by atoms with Gasteiger partial charge >= 0.3 is 0 Å². The minimum Gasteiger partial charge on any atom is -0.370 e. The summed E-state index contributed by atoms with van der Waals surface area (Å²) < 4.78 is 11.2. The van der Waals surface area contributed by atoms with Crippen LogP contribution < -0.4 is 5.32 Å². The highest BCUT2D eigenvalue weighted by molar-refractivity contribution is 5.04. The number of nitrogens with zero attached hydrogens (tertiary/aromatic N) is 2. The van der Waals surface area contributed by atoms with Crippen molar-refractivity contribution in [3.8, 4) is 0 Å². The third-order valence-electron chi connectivity index (χ3n) is 4.03. The summed E-state index contributed by atoms with van der Waals surface area (Å²) >= 11 is 0. The third-order valence-corrected chi connectivity index (χ3v) is 4.03. The highest BCUT2D eigenvalue weighted by Crippen LogP contribution is 2.37. The van der Waals surface area contributed by atoms with Crippen LogP contribution in [0.5, 0.6) is 0 Å². The molecule has 0 saturated heterocycles. The fraction of sp³-hybridized carbons (Fsp3) is 0.857. The SMILES string of the molecule is CCNC(C)c1nc(C2(OC)CCCCCC2)no1. The first-order valence-corrected chi connectivity index (χ1v) is 7.34. The van der Waals surface area contributed by atoms with Crippen molar-refractivity contribution in [1.29, 1.82) is 0 Å². The van der Waals surface area contributed by atoms with E-state index >= 15 is 0 Å². The molecule has 0 spiro atoms. The lowest BCUT2D eigenvalue weighted by atomic mass is 9.93. The fourth-order valence-electron chi connectivity index (χ4n) is 2.81. The normalized spacial score (nSPS) is 21.0. The Balaban J connectivity index is 2.18. The van der Waals surface area contributed by atoms with E-state index in [-0.39, 0.29) is 11.6 Å². The maximum absolute atomic E-state index is 5.79. The molecular weight excluding hydrogens is 242 g/mol. The van der Waals surface area contributed by atoms with Crippen molar-refractivity contribution in [2.45, 2.75) is 64.0 Å². The van der Waals surface area contributed by atoms with E-state index in [4.69, 9.17) is 9.26 Å². The predicted molar refractivity (Wildman–Crippen MR) is 72.8 cm³/mol. The number of aromatic nitrogens is 2. The minimum atomic E-state index is -0.343. The highest BCUT2D eigenvalue weighted by Gasteiger charge is 2.37. The average molecular weight is 267 g/mol. The largest absolute Gasteiger partial charge is 0.370 e. The second kappa shape index (κ2) is 6.48. The molecule has 1 atom stereocenters. The maximum Gasteiger partial charge on any atom is 0.243 e. The Morgan fingerprint density at radius 1 is 1.32 bits per heavy atom. The van der Waals surface area contributed by atoms with E-state index in [1.54, 1.807) is 7.11 Å². The van der Waals surface area contributed by atoms with Crippen molar-refractivity contribution >= 4 is 0 Å². The number of rotatable bonds is 5. The van der Waals surface area contributed by atoms with E-state index in [2.05, 4.69) is 22.4 Å². The number of methoxy groups -OCH3 is 1. The summed E-state index contributed by atoms with van der Waals surface area (Å²) in [6, 6.07) is 0.0888. The molecule has 0 radical (unpaired) electrons. The summed E-state index contributed by atoms with van der Waals surface area (Å²) in [4.78, 5) is 4.57. The molecular formula is C14H25N3O2. The highest BCUT2D eigenvalue weighted by atomic mass is 16.5. The van der Waals surface area contributed by atoms with Gasteiger partial charge in [-0.3, -0.25) is 0 Å². The Hall–Kier alpha value is -0.940. The van der Waals surface area contributed by atoms with Crippen molar-refractivity contribution in [1.82, 2.24) is 15.5 Å². The van der Waals surface area contributed by atoms with Gasteiger partial charge in [0.1, 0.15) is 5.60 Å². The zero-order valence-corrected chi connectivity index (χ0v) is 12.2. The van der Waals surface area contributed by atoms with Gasteiger partial charge in [0.25, 0.3) is 0 Å². The number of hydrogen-bond acceptors (Lipinski definition) is 5. The van der Waals surface area contributed by atoms with Crippen LogP contribution in [0.1, 0.15) is 70.1 Å². The standard InChI is InChI=1S/C14H25N3O2/c1-4-15-11(2)12-16-13(17-19-12)14(18-3)9-7-5-6-8-10-14/h11,15H,4-10H2,1-3H3. The summed E-state index contributed by atoms with van der Waals surface area (Å²) in [5.74, 6) is 1.37. The number of nitrogens with one attached hydrogen (secondary N) is 1. The van der Waals surface area contributed by atoms with Gasteiger partial charge in [0.15, 0.2) is 0 Å². The maximum atomic E-state index is 5.79. The molecule has 19 heavy (non-hydrogen) atoms. The van der Waals surface area contributed by atoms with Gasteiger partial charge in [0, 0.05) is 7.11 Å². The van der Waals surface area contributed by atoms with E-state index in [0.717, 1.165) is 25.2 Å². The first kappa shape index (κ1) is 14.5. The smallest absolute Gasteiger partial charge is 0.243 e. The molecule has 1 unspecified atom stereocenters. The van der Waals surface area contributed by atoms with Crippen LogP contribution in [0.25, 0.3) is 0 Å². The molecule has 1 heterocycles. The molecule has 1 saturated carbocycles. The summed E-state index contributed by atoms with van der Waals surface area (Å²) in [6.45, 7) is 4.98. The predicted octanol–water partition coefficient (Wildman–Crippen LogP) is 2.94. The fourth-order valence-corrected chi connectivity index (χ4v) is 2.81. The summed E-state index contributed by atoms with van der Waals surface area (Å²) in [7, 11) is 1.76. The van der Waals surface area contributed by atoms with Gasteiger partial charge in [0.05, 0.1) is 6.04 Å². The summed E-state index contributed by atoms with van der Waals surface area (Å²) in [5.41, 5.74) is -0.343. The first-order valence-electron chi connectivity index (χ1n) is 7.34. The van der Waals surface area contributed by atoms with Crippen molar-refractivity contribution in [3.05, 3.63) is 11.7 Å². The van der Waals surface area contributed by atoms with Gasteiger partial charge in [-0.05, 0) is 26.3 Å². The van der Waals surface area contributed by atoms with Crippen LogP contribution in [0.2, 0.25) is 0 Å². The summed E-state index contributed by atoms with van der Waals surface area (Å²) in [6.07, 6.45) is 6.84. The topological polar surface area (TPSA) is 60.2 Å². The average Bonchev–Trinajstić information content (AvgIpc) is 2.79. The Kier molecular flexibility index (Phi) is 4.93. The van der Waals surface area contributed by atoms with Gasteiger partial charge in [-0.2, -0.15) is 4.98 Å². The zero-order chi connectivity index (χ0) is 13.7. The third kappa shape index (κ3) is 3.15. The van der Waals surface area contributed by atoms with E-state index in [0.29, 0.717) is 5.89 Å². The number of hydrogen-bond donors (Lipinski definition) is 1. The molecule has 0 aromatic carbocycles. The molecule has 0 amide bonds. The molecule has 1 aliphatic carbocycles. The Morgan fingerprint density at radius 3 is 2.58 bits per heavy atom. The van der Waals surface area contributed by atoms with E-state index in [9.17, 15) is 0 Å². The van der Waals surface area contributed by atoms with Crippen LogP contribution in [-0.4, -0.2) is 23.8 Å². The molecule has 1 aliphatic rings. The van der Waals surface area contributed by atoms with Crippen molar-refractivity contribution < 1.29 is 9.26 Å². The van der Waals surface area contributed by atoms with Crippen LogP contribution in [0.3, 0.4) is 0 Å². The Morgan fingerprint density at radius 2 is 2.00 bits per heavy atom. The molecule has 5 heteroatoms. The van der Waals surface area contributed by atoms with Gasteiger partial charge in [-0.25, -0.2) is 0 Å². The van der Waals surface area contributed by atoms with Crippen molar-refractivity contribution in [2.75, 3.05) is 13.7 Å².